The third-order valence-electron chi connectivity index (χ3n) is 4.18. The second-order valence-corrected chi connectivity index (χ2v) is 8.91. The summed E-state index contributed by atoms with van der Waals surface area (Å²) in [5.74, 6) is 0. The van der Waals surface area contributed by atoms with Gasteiger partial charge in [-0.25, -0.2) is 8.42 Å². The van der Waals surface area contributed by atoms with Crippen LogP contribution in [-0.4, -0.2) is 13.5 Å². The first kappa shape index (κ1) is 21.1. The highest BCUT2D eigenvalue weighted by atomic mass is 35.5. The summed E-state index contributed by atoms with van der Waals surface area (Å²) in [5, 5.41) is 7.26. The lowest BCUT2D eigenvalue weighted by atomic mass is 10.2. The van der Waals surface area contributed by atoms with Crippen molar-refractivity contribution in [1.82, 2.24) is 5.32 Å². The molecule has 0 saturated carbocycles. The Balaban J connectivity index is 1.59. The van der Waals surface area contributed by atoms with Crippen LogP contribution in [0.25, 0.3) is 0 Å². The summed E-state index contributed by atoms with van der Waals surface area (Å²) in [6.45, 7) is 2.40. The van der Waals surface area contributed by atoms with Crippen LogP contribution in [0.4, 0.5) is 11.4 Å². The molecule has 0 fully saturated rings. The molecule has 0 aliphatic heterocycles. The van der Waals surface area contributed by atoms with E-state index < -0.39 is 10.0 Å². The Hall–Kier alpha value is -2.61. The number of para-hydroxylation sites is 1. The number of thiocarbonyl (C=S) groups is 1. The van der Waals surface area contributed by atoms with E-state index in [0.717, 1.165) is 11.1 Å². The second-order valence-electron chi connectivity index (χ2n) is 6.38. The minimum absolute atomic E-state index is 0.173. The Morgan fingerprint density at radius 2 is 1.62 bits per heavy atom. The van der Waals surface area contributed by atoms with Gasteiger partial charge in [-0.3, -0.25) is 4.72 Å². The van der Waals surface area contributed by atoms with Gasteiger partial charge in [0, 0.05) is 17.3 Å². The molecule has 0 aromatic heterocycles. The van der Waals surface area contributed by atoms with E-state index in [1.54, 1.807) is 24.3 Å². The first-order valence-electron chi connectivity index (χ1n) is 8.81. The van der Waals surface area contributed by atoms with Crippen LogP contribution in [0.5, 0.6) is 0 Å². The number of nitrogens with one attached hydrogen (secondary N) is 3. The molecule has 3 aromatic rings. The van der Waals surface area contributed by atoms with E-state index in [0.29, 0.717) is 28.1 Å². The number of anilines is 2. The molecule has 0 unspecified atom stereocenters. The van der Waals surface area contributed by atoms with Crippen molar-refractivity contribution in [1.29, 1.82) is 0 Å². The largest absolute Gasteiger partial charge is 0.358 e. The van der Waals surface area contributed by atoms with Gasteiger partial charge in [-0.15, -0.1) is 0 Å². The summed E-state index contributed by atoms with van der Waals surface area (Å²) in [6.07, 6.45) is 0. The zero-order valence-corrected chi connectivity index (χ0v) is 18.0. The zero-order chi connectivity index (χ0) is 20.9. The standard InChI is InChI=1S/C21H20ClN3O2S2/c1-15-4-2-3-5-20(15)25-29(26,27)19-12-10-18(11-13-19)24-21(28)23-14-16-6-8-17(22)9-7-16/h2-13,25H,14H2,1H3,(H2,23,24,28). The third kappa shape index (κ3) is 5.93. The average Bonchev–Trinajstić information content (AvgIpc) is 2.70. The molecule has 29 heavy (non-hydrogen) atoms. The van der Waals surface area contributed by atoms with Gasteiger partial charge in [0.1, 0.15) is 0 Å². The Bertz CT molecular complexity index is 1100. The average molecular weight is 446 g/mol. The van der Waals surface area contributed by atoms with Crippen molar-refractivity contribution in [3.8, 4) is 0 Å². The number of hydrogen-bond acceptors (Lipinski definition) is 3. The summed E-state index contributed by atoms with van der Waals surface area (Å²) >= 11 is 11.2. The van der Waals surface area contributed by atoms with E-state index in [2.05, 4.69) is 15.4 Å². The summed E-state index contributed by atoms with van der Waals surface area (Å²) in [4.78, 5) is 0.173. The fourth-order valence-corrected chi connectivity index (χ4v) is 4.02. The molecular weight excluding hydrogens is 426 g/mol. The molecule has 0 aliphatic rings. The topological polar surface area (TPSA) is 70.2 Å². The first-order valence-corrected chi connectivity index (χ1v) is 11.1. The van der Waals surface area contributed by atoms with Crippen LogP contribution in [0.15, 0.2) is 77.7 Å². The molecule has 0 saturated heterocycles. The van der Waals surface area contributed by atoms with Crippen LogP contribution in [-0.2, 0) is 16.6 Å². The summed E-state index contributed by atoms with van der Waals surface area (Å²) < 4.78 is 27.8. The van der Waals surface area contributed by atoms with Crippen LogP contribution in [0.3, 0.4) is 0 Å². The van der Waals surface area contributed by atoms with E-state index in [9.17, 15) is 8.42 Å². The maximum absolute atomic E-state index is 12.6. The number of halogens is 1. The van der Waals surface area contributed by atoms with E-state index >= 15 is 0 Å². The normalized spacial score (nSPS) is 11.0. The highest BCUT2D eigenvalue weighted by Crippen LogP contribution is 2.20. The van der Waals surface area contributed by atoms with E-state index in [4.69, 9.17) is 23.8 Å². The quantitative estimate of drug-likeness (QED) is 0.469. The van der Waals surface area contributed by atoms with Crippen LogP contribution >= 0.6 is 23.8 Å². The molecule has 5 nitrogen and oxygen atoms in total. The van der Waals surface area contributed by atoms with Crippen molar-refractivity contribution in [2.75, 3.05) is 10.0 Å². The number of rotatable bonds is 6. The maximum atomic E-state index is 12.6. The van der Waals surface area contributed by atoms with Crippen LogP contribution < -0.4 is 15.4 Å². The van der Waals surface area contributed by atoms with Gasteiger partial charge in [0.05, 0.1) is 10.6 Å². The summed E-state index contributed by atoms with van der Waals surface area (Å²) in [6, 6.07) is 21.1. The van der Waals surface area contributed by atoms with Crippen LogP contribution in [0, 0.1) is 6.92 Å². The Kier molecular flexibility index (Phi) is 6.74. The zero-order valence-electron chi connectivity index (χ0n) is 15.6. The Morgan fingerprint density at radius 1 is 0.966 bits per heavy atom. The molecule has 8 heteroatoms. The van der Waals surface area contributed by atoms with E-state index in [1.807, 2.05) is 43.3 Å². The smallest absolute Gasteiger partial charge is 0.261 e. The molecule has 150 valence electrons. The van der Waals surface area contributed by atoms with Gasteiger partial charge in [0.25, 0.3) is 10.0 Å². The molecule has 0 heterocycles. The van der Waals surface area contributed by atoms with Gasteiger partial charge in [-0.1, -0.05) is 41.9 Å². The molecular formula is C21H20ClN3O2S2. The summed E-state index contributed by atoms with van der Waals surface area (Å²) in [5.41, 5.74) is 3.14. The molecule has 3 aromatic carbocycles. The van der Waals surface area contributed by atoms with Crippen molar-refractivity contribution < 1.29 is 8.42 Å². The van der Waals surface area contributed by atoms with Gasteiger partial charge in [-0.05, 0) is 72.7 Å². The Labute approximate surface area is 181 Å². The highest BCUT2D eigenvalue weighted by molar-refractivity contribution is 7.92. The minimum atomic E-state index is -3.67. The van der Waals surface area contributed by atoms with Crippen molar-refractivity contribution in [3.05, 3.63) is 88.9 Å². The van der Waals surface area contributed by atoms with Crippen LogP contribution in [0.2, 0.25) is 5.02 Å². The van der Waals surface area contributed by atoms with Gasteiger partial charge in [0.15, 0.2) is 5.11 Å². The molecule has 3 N–H and O–H groups in total. The van der Waals surface area contributed by atoms with E-state index in [1.165, 1.54) is 12.1 Å². The lowest BCUT2D eigenvalue weighted by molar-refractivity contribution is 0.601. The number of sulfonamides is 1. The molecule has 0 bridgehead atoms. The van der Waals surface area contributed by atoms with Crippen LogP contribution in [0.1, 0.15) is 11.1 Å². The molecule has 3 rings (SSSR count). The first-order chi connectivity index (χ1) is 13.8. The fraction of sp³-hybridized carbons (Fsp3) is 0.0952. The highest BCUT2D eigenvalue weighted by Gasteiger charge is 2.15. The maximum Gasteiger partial charge on any atom is 0.261 e. The van der Waals surface area contributed by atoms with Crippen molar-refractivity contribution in [2.45, 2.75) is 18.4 Å². The van der Waals surface area contributed by atoms with Gasteiger partial charge in [-0.2, -0.15) is 0 Å². The fourth-order valence-electron chi connectivity index (χ4n) is 2.57. The van der Waals surface area contributed by atoms with Crippen molar-refractivity contribution in [2.24, 2.45) is 0 Å². The van der Waals surface area contributed by atoms with Gasteiger partial charge in [0.2, 0.25) is 0 Å². The molecule has 0 radical (unpaired) electrons. The third-order valence-corrected chi connectivity index (χ3v) is 6.06. The number of aryl methyl sites for hydroxylation is 1. The molecule has 0 aliphatic carbocycles. The number of hydrogen-bond donors (Lipinski definition) is 3. The molecule has 0 amide bonds. The van der Waals surface area contributed by atoms with Crippen molar-refractivity contribution in [3.63, 3.8) is 0 Å². The number of benzene rings is 3. The second kappa shape index (κ2) is 9.26. The van der Waals surface area contributed by atoms with Crippen molar-refractivity contribution >= 4 is 50.3 Å². The van der Waals surface area contributed by atoms with Gasteiger partial charge < -0.3 is 10.6 Å². The summed E-state index contributed by atoms with van der Waals surface area (Å²) in [7, 11) is -3.67. The van der Waals surface area contributed by atoms with Gasteiger partial charge >= 0.3 is 0 Å². The predicted molar refractivity (Wildman–Crippen MR) is 123 cm³/mol. The lowest BCUT2D eigenvalue weighted by Crippen LogP contribution is -2.27. The molecule has 0 spiro atoms. The monoisotopic (exact) mass is 445 g/mol. The lowest BCUT2D eigenvalue weighted by Gasteiger charge is -2.13. The van der Waals surface area contributed by atoms with E-state index in [-0.39, 0.29) is 4.90 Å². The Morgan fingerprint density at radius 3 is 2.28 bits per heavy atom. The molecule has 0 atom stereocenters. The predicted octanol–water partition coefficient (Wildman–Crippen LogP) is 4.94. The SMILES string of the molecule is Cc1ccccc1NS(=O)(=O)c1ccc(NC(=S)NCc2ccc(Cl)cc2)cc1. The minimum Gasteiger partial charge on any atom is -0.358 e.